The van der Waals surface area contributed by atoms with Gasteiger partial charge in [0, 0.05) is 18.5 Å². The molecule has 0 bridgehead atoms. The molecule has 0 aliphatic carbocycles. The van der Waals surface area contributed by atoms with Crippen LogP contribution in [0.4, 0.5) is 11.4 Å². The third-order valence-corrected chi connectivity index (χ3v) is 3.91. The van der Waals surface area contributed by atoms with Gasteiger partial charge in [-0.1, -0.05) is 13.3 Å². The van der Waals surface area contributed by atoms with E-state index in [1.165, 1.54) is 19.3 Å². The van der Waals surface area contributed by atoms with Gasteiger partial charge in [-0.15, -0.1) is 0 Å². The van der Waals surface area contributed by atoms with E-state index in [-0.39, 0.29) is 0 Å². The Morgan fingerprint density at radius 3 is 3.22 bits per heavy atom. The summed E-state index contributed by atoms with van der Waals surface area (Å²) in [5.74, 6) is 0.826. The molecule has 2 heterocycles. The average molecular weight is 244 g/mol. The molecule has 1 saturated heterocycles. The number of nitrogen functional groups attached to an aromatic ring is 1. The summed E-state index contributed by atoms with van der Waals surface area (Å²) < 4.78 is 0. The summed E-state index contributed by atoms with van der Waals surface area (Å²) in [6, 6.07) is 4.15. The van der Waals surface area contributed by atoms with Gasteiger partial charge in [0.25, 0.3) is 0 Å². The number of rotatable bonds is 3. The maximum Gasteiger partial charge on any atom is 0.0672 e. The summed E-state index contributed by atoms with van der Waals surface area (Å²) in [7, 11) is 0. The van der Waals surface area contributed by atoms with Gasteiger partial charge in [0.15, 0.2) is 0 Å². The van der Waals surface area contributed by atoms with E-state index < -0.39 is 0 Å². The second kappa shape index (κ2) is 4.52. The van der Waals surface area contributed by atoms with Crippen molar-refractivity contribution in [2.45, 2.75) is 26.2 Å². The first-order chi connectivity index (χ1) is 8.78. The van der Waals surface area contributed by atoms with Crippen LogP contribution in [0.2, 0.25) is 0 Å². The average Bonchev–Trinajstić information content (AvgIpc) is 2.96. The highest BCUT2D eigenvalue weighted by atomic mass is 15.2. The number of H-pyrrole nitrogens is 1. The van der Waals surface area contributed by atoms with Gasteiger partial charge in [0.2, 0.25) is 0 Å². The Kier molecular flexibility index (Phi) is 2.86. The SMILES string of the molecule is CCCC1CCN(c2cc3[nH]ncc3cc2N)C1. The Morgan fingerprint density at radius 2 is 2.39 bits per heavy atom. The van der Waals surface area contributed by atoms with E-state index in [0.29, 0.717) is 0 Å². The van der Waals surface area contributed by atoms with Gasteiger partial charge in [-0.3, -0.25) is 5.10 Å². The summed E-state index contributed by atoms with van der Waals surface area (Å²) in [6.45, 7) is 4.51. The fourth-order valence-electron chi connectivity index (χ4n) is 2.97. The molecule has 1 aromatic carbocycles. The van der Waals surface area contributed by atoms with Crippen LogP contribution in [-0.4, -0.2) is 23.3 Å². The van der Waals surface area contributed by atoms with E-state index in [1.807, 2.05) is 12.3 Å². The van der Waals surface area contributed by atoms with Gasteiger partial charge < -0.3 is 10.6 Å². The first kappa shape index (κ1) is 11.4. The second-order valence-corrected chi connectivity index (χ2v) is 5.26. The maximum atomic E-state index is 6.16. The summed E-state index contributed by atoms with van der Waals surface area (Å²) in [5.41, 5.74) is 9.25. The number of benzene rings is 1. The fraction of sp³-hybridized carbons (Fsp3) is 0.500. The molecule has 18 heavy (non-hydrogen) atoms. The molecule has 1 unspecified atom stereocenters. The van der Waals surface area contributed by atoms with Gasteiger partial charge in [-0.05, 0) is 30.9 Å². The fourth-order valence-corrected chi connectivity index (χ4v) is 2.97. The molecule has 0 saturated carbocycles. The van der Waals surface area contributed by atoms with E-state index in [0.717, 1.165) is 41.3 Å². The molecule has 4 nitrogen and oxygen atoms in total. The molecule has 96 valence electrons. The van der Waals surface area contributed by atoms with Crippen LogP contribution in [0, 0.1) is 5.92 Å². The molecular formula is C14H20N4. The highest BCUT2D eigenvalue weighted by Crippen LogP contribution is 2.33. The third kappa shape index (κ3) is 1.92. The van der Waals surface area contributed by atoms with E-state index in [1.54, 1.807) is 0 Å². The maximum absolute atomic E-state index is 6.16. The highest BCUT2D eigenvalue weighted by Gasteiger charge is 2.23. The zero-order valence-corrected chi connectivity index (χ0v) is 10.8. The number of aromatic nitrogens is 2. The van der Waals surface area contributed by atoms with E-state index >= 15 is 0 Å². The van der Waals surface area contributed by atoms with E-state index in [9.17, 15) is 0 Å². The molecule has 1 aliphatic rings. The molecule has 1 aliphatic heterocycles. The highest BCUT2D eigenvalue weighted by molar-refractivity contribution is 5.89. The molecule has 0 spiro atoms. The second-order valence-electron chi connectivity index (χ2n) is 5.26. The lowest BCUT2D eigenvalue weighted by Crippen LogP contribution is -2.20. The van der Waals surface area contributed by atoms with Crippen LogP contribution < -0.4 is 10.6 Å². The smallest absolute Gasteiger partial charge is 0.0672 e. The van der Waals surface area contributed by atoms with Crippen LogP contribution in [0.1, 0.15) is 26.2 Å². The van der Waals surface area contributed by atoms with Crippen LogP contribution in [-0.2, 0) is 0 Å². The normalized spacial score (nSPS) is 19.8. The van der Waals surface area contributed by atoms with Crippen molar-refractivity contribution < 1.29 is 0 Å². The first-order valence-electron chi connectivity index (χ1n) is 6.75. The Morgan fingerprint density at radius 1 is 1.50 bits per heavy atom. The van der Waals surface area contributed by atoms with Gasteiger partial charge in [-0.2, -0.15) is 5.10 Å². The summed E-state index contributed by atoms with van der Waals surface area (Å²) in [6.07, 6.45) is 5.70. The Hall–Kier alpha value is -1.71. The lowest BCUT2D eigenvalue weighted by atomic mass is 10.0. The molecule has 3 N–H and O–H groups in total. The Labute approximate surface area is 107 Å². The first-order valence-corrected chi connectivity index (χ1v) is 6.75. The van der Waals surface area contributed by atoms with Gasteiger partial charge in [0.05, 0.1) is 23.1 Å². The Balaban J connectivity index is 1.87. The van der Waals surface area contributed by atoms with Crippen LogP contribution >= 0.6 is 0 Å². The van der Waals surface area contributed by atoms with Crippen molar-refractivity contribution >= 4 is 22.3 Å². The van der Waals surface area contributed by atoms with E-state index in [4.69, 9.17) is 5.73 Å². The van der Waals surface area contributed by atoms with Crippen LogP contribution in [0.25, 0.3) is 10.9 Å². The molecular weight excluding hydrogens is 224 g/mol. The quantitative estimate of drug-likeness (QED) is 0.816. The molecule has 1 atom stereocenters. The van der Waals surface area contributed by atoms with Crippen molar-refractivity contribution in [1.29, 1.82) is 0 Å². The Bertz CT molecular complexity index is 546. The van der Waals surface area contributed by atoms with Gasteiger partial charge >= 0.3 is 0 Å². The van der Waals surface area contributed by atoms with Crippen LogP contribution in [0.3, 0.4) is 0 Å². The van der Waals surface area contributed by atoms with Gasteiger partial charge in [-0.25, -0.2) is 0 Å². The molecule has 1 aromatic heterocycles. The molecule has 0 radical (unpaired) electrons. The largest absolute Gasteiger partial charge is 0.397 e. The molecule has 2 aromatic rings. The lowest BCUT2D eigenvalue weighted by Gasteiger charge is -2.20. The number of nitrogens with zero attached hydrogens (tertiary/aromatic N) is 2. The number of anilines is 2. The number of hydrogen-bond donors (Lipinski definition) is 2. The van der Waals surface area contributed by atoms with Crippen molar-refractivity contribution in [3.8, 4) is 0 Å². The van der Waals surface area contributed by atoms with Crippen LogP contribution in [0.15, 0.2) is 18.3 Å². The van der Waals surface area contributed by atoms with Crippen molar-refractivity contribution in [2.24, 2.45) is 5.92 Å². The molecule has 4 heteroatoms. The number of nitrogens with two attached hydrogens (primary N) is 1. The molecule has 0 amide bonds. The topological polar surface area (TPSA) is 57.9 Å². The van der Waals surface area contributed by atoms with Gasteiger partial charge in [0.1, 0.15) is 0 Å². The van der Waals surface area contributed by atoms with Crippen molar-refractivity contribution in [3.05, 3.63) is 18.3 Å². The number of hydrogen-bond acceptors (Lipinski definition) is 3. The summed E-state index contributed by atoms with van der Waals surface area (Å²) >= 11 is 0. The minimum atomic E-state index is 0.826. The number of aromatic amines is 1. The minimum absolute atomic E-state index is 0.826. The number of nitrogens with one attached hydrogen (secondary N) is 1. The molecule has 3 rings (SSSR count). The molecule has 1 fully saturated rings. The monoisotopic (exact) mass is 244 g/mol. The lowest BCUT2D eigenvalue weighted by molar-refractivity contribution is 0.530. The number of fused-ring (bicyclic) bond motifs is 1. The predicted molar refractivity (Wildman–Crippen MR) is 75.7 cm³/mol. The zero-order chi connectivity index (χ0) is 12.5. The van der Waals surface area contributed by atoms with Crippen LogP contribution in [0.5, 0.6) is 0 Å². The van der Waals surface area contributed by atoms with Crippen molar-refractivity contribution in [2.75, 3.05) is 23.7 Å². The third-order valence-electron chi connectivity index (χ3n) is 3.91. The summed E-state index contributed by atoms with van der Waals surface area (Å²) in [4.78, 5) is 2.41. The minimum Gasteiger partial charge on any atom is -0.397 e. The van der Waals surface area contributed by atoms with Crippen molar-refractivity contribution in [1.82, 2.24) is 10.2 Å². The standard InChI is InChI=1S/C14H20N4/c1-2-3-10-4-5-18(9-10)14-7-13-11(6-12(14)15)8-16-17-13/h6-8,10H,2-5,9,15H2,1H3,(H,16,17). The zero-order valence-electron chi connectivity index (χ0n) is 10.8. The van der Waals surface area contributed by atoms with Crippen molar-refractivity contribution in [3.63, 3.8) is 0 Å². The summed E-state index contributed by atoms with van der Waals surface area (Å²) in [5, 5.41) is 8.15. The van der Waals surface area contributed by atoms with E-state index in [2.05, 4.69) is 28.1 Å². The predicted octanol–water partition coefficient (Wildman–Crippen LogP) is 2.77.